The Labute approximate surface area is 99.6 Å². The van der Waals surface area contributed by atoms with E-state index >= 15 is 0 Å². The molecule has 0 aromatic carbocycles. The van der Waals surface area contributed by atoms with Crippen molar-refractivity contribution in [2.24, 2.45) is 5.41 Å². The highest BCUT2D eigenvalue weighted by Gasteiger charge is 2.50. The van der Waals surface area contributed by atoms with Crippen LogP contribution in [0, 0.1) is 5.41 Å². The van der Waals surface area contributed by atoms with Gasteiger partial charge in [-0.05, 0) is 20.8 Å². The molecule has 1 heterocycles. The van der Waals surface area contributed by atoms with Gasteiger partial charge in [0.2, 0.25) is 0 Å². The van der Waals surface area contributed by atoms with Gasteiger partial charge in [-0.15, -0.1) is 0 Å². The Bertz CT molecular complexity index is 189. The van der Waals surface area contributed by atoms with Crippen LogP contribution in [-0.4, -0.2) is 41.8 Å². The molecule has 1 aliphatic rings. The molecule has 0 spiro atoms. The number of hydrogen-bond donors (Lipinski definition) is 0. The van der Waals surface area contributed by atoms with Gasteiger partial charge in [-0.3, -0.25) is 0 Å². The molecule has 0 saturated carbocycles. The van der Waals surface area contributed by atoms with Crippen molar-refractivity contribution in [3.63, 3.8) is 0 Å². The first-order chi connectivity index (χ1) is 7.60. The second kappa shape index (κ2) is 6.12. The van der Waals surface area contributed by atoms with Crippen LogP contribution in [0.1, 0.15) is 27.7 Å². The summed E-state index contributed by atoms with van der Waals surface area (Å²) in [5.74, 6) is 0. The van der Waals surface area contributed by atoms with Crippen LogP contribution in [0.25, 0.3) is 0 Å². The quantitative estimate of drug-likeness (QED) is 0.616. The second-order valence-electron chi connectivity index (χ2n) is 4.46. The summed E-state index contributed by atoms with van der Waals surface area (Å²) in [6, 6.07) is 0.857. The van der Waals surface area contributed by atoms with Gasteiger partial charge >= 0.3 is 8.80 Å². The highest BCUT2D eigenvalue weighted by Crippen LogP contribution is 2.37. The first-order valence-corrected chi connectivity index (χ1v) is 8.02. The normalized spacial score (nSPS) is 19.5. The maximum absolute atomic E-state index is 5.82. The molecule has 1 fully saturated rings. The van der Waals surface area contributed by atoms with Crippen LogP contribution in [0.2, 0.25) is 6.04 Å². The van der Waals surface area contributed by atoms with E-state index in [9.17, 15) is 0 Å². The van der Waals surface area contributed by atoms with Crippen LogP contribution in [0.4, 0.5) is 0 Å². The molecule has 0 N–H and O–H groups in total. The van der Waals surface area contributed by atoms with E-state index in [1.807, 2.05) is 20.8 Å². The van der Waals surface area contributed by atoms with Crippen molar-refractivity contribution in [1.82, 2.24) is 0 Å². The summed E-state index contributed by atoms with van der Waals surface area (Å²) in [6.45, 7) is 11.7. The Morgan fingerprint density at radius 1 is 1.00 bits per heavy atom. The van der Waals surface area contributed by atoms with Gasteiger partial charge in [-0.25, -0.2) is 0 Å². The van der Waals surface area contributed by atoms with Crippen molar-refractivity contribution in [3.05, 3.63) is 0 Å². The van der Waals surface area contributed by atoms with Gasteiger partial charge in [0.1, 0.15) is 0 Å². The molecule has 96 valence electrons. The van der Waals surface area contributed by atoms with Crippen LogP contribution in [0.15, 0.2) is 0 Å². The summed E-state index contributed by atoms with van der Waals surface area (Å²) in [4.78, 5) is 0. The van der Waals surface area contributed by atoms with E-state index in [2.05, 4.69) is 6.92 Å². The molecular weight excluding hydrogens is 224 g/mol. The van der Waals surface area contributed by atoms with E-state index in [-0.39, 0.29) is 5.41 Å². The Kier molecular flexibility index (Phi) is 5.40. The van der Waals surface area contributed by atoms with E-state index in [0.29, 0.717) is 19.8 Å². The average Bonchev–Trinajstić information content (AvgIpc) is 2.16. The van der Waals surface area contributed by atoms with Crippen molar-refractivity contribution in [2.75, 3.05) is 33.0 Å². The van der Waals surface area contributed by atoms with Crippen LogP contribution in [0.3, 0.4) is 0 Å². The molecule has 16 heavy (non-hydrogen) atoms. The van der Waals surface area contributed by atoms with Crippen molar-refractivity contribution in [3.8, 4) is 0 Å². The van der Waals surface area contributed by atoms with Gasteiger partial charge in [-0.2, -0.15) is 0 Å². The fourth-order valence-corrected chi connectivity index (χ4v) is 5.14. The summed E-state index contributed by atoms with van der Waals surface area (Å²) in [5, 5.41) is 0. The van der Waals surface area contributed by atoms with Gasteiger partial charge in [0.25, 0.3) is 0 Å². The number of rotatable bonds is 8. The van der Waals surface area contributed by atoms with E-state index in [1.54, 1.807) is 0 Å². The molecule has 0 aliphatic carbocycles. The molecule has 0 amide bonds. The van der Waals surface area contributed by atoms with E-state index in [1.165, 1.54) is 0 Å². The lowest BCUT2D eigenvalue weighted by Crippen LogP contribution is -2.54. The van der Waals surface area contributed by atoms with Crippen molar-refractivity contribution in [2.45, 2.75) is 33.7 Å². The van der Waals surface area contributed by atoms with Crippen LogP contribution in [-0.2, 0) is 18.0 Å². The summed E-state index contributed by atoms with van der Waals surface area (Å²) < 4.78 is 22.7. The summed E-state index contributed by atoms with van der Waals surface area (Å²) in [5.41, 5.74) is 0.172. The molecular formula is C11H24O4Si. The smallest absolute Gasteiger partial charge is 0.380 e. The average molecular weight is 248 g/mol. The number of ether oxygens (including phenoxy) is 1. The van der Waals surface area contributed by atoms with Crippen LogP contribution < -0.4 is 0 Å². The maximum atomic E-state index is 5.82. The lowest BCUT2D eigenvalue weighted by Gasteiger charge is -2.42. The Hall–Kier alpha value is 0.0569. The fourth-order valence-electron chi connectivity index (χ4n) is 2.01. The fraction of sp³-hybridized carbons (Fsp3) is 1.00. The standard InChI is InChI=1S/C11H24O4Si/c1-5-13-16(14-6-2,15-7-3)10-11(4)8-12-9-11/h5-10H2,1-4H3. The van der Waals surface area contributed by atoms with Crippen molar-refractivity contribution < 1.29 is 18.0 Å². The van der Waals surface area contributed by atoms with Crippen molar-refractivity contribution >= 4 is 8.80 Å². The lowest BCUT2D eigenvalue weighted by atomic mass is 9.92. The minimum atomic E-state index is -2.48. The molecule has 1 rings (SSSR count). The lowest BCUT2D eigenvalue weighted by molar-refractivity contribution is -0.0995. The molecule has 0 unspecified atom stereocenters. The third kappa shape index (κ3) is 3.53. The molecule has 1 aliphatic heterocycles. The molecule has 5 heteroatoms. The SMILES string of the molecule is CCO[Si](CC1(C)COC1)(OCC)OCC. The van der Waals surface area contributed by atoms with Crippen LogP contribution >= 0.6 is 0 Å². The highest BCUT2D eigenvalue weighted by molar-refractivity contribution is 6.60. The monoisotopic (exact) mass is 248 g/mol. The van der Waals surface area contributed by atoms with Gasteiger partial charge in [0, 0.05) is 31.3 Å². The first-order valence-electron chi connectivity index (χ1n) is 6.09. The zero-order valence-corrected chi connectivity index (χ0v) is 11.9. The van der Waals surface area contributed by atoms with Gasteiger partial charge in [0.05, 0.1) is 13.2 Å². The molecule has 0 aromatic heterocycles. The highest BCUT2D eigenvalue weighted by atomic mass is 28.4. The third-order valence-electron chi connectivity index (χ3n) is 2.64. The molecule has 0 atom stereocenters. The largest absolute Gasteiger partial charge is 0.501 e. The zero-order chi connectivity index (χ0) is 12.1. The molecule has 0 bridgehead atoms. The predicted molar refractivity (Wildman–Crippen MR) is 64.4 cm³/mol. The number of hydrogen-bond acceptors (Lipinski definition) is 4. The van der Waals surface area contributed by atoms with Gasteiger partial charge < -0.3 is 18.0 Å². The molecule has 4 nitrogen and oxygen atoms in total. The minimum absolute atomic E-state index is 0.172. The zero-order valence-electron chi connectivity index (χ0n) is 10.9. The maximum Gasteiger partial charge on any atom is 0.501 e. The predicted octanol–water partition coefficient (Wildman–Crippen LogP) is 2.07. The molecule has 1 saturated heterocycles. The Morgan fingerprint density at radius 3 is 1.69 bits per heavy atom. The molecule has 0 radical (unpaired) electrons. The van der Waals surface area contributed by atoms with Crippen molar-refractivity contribution in [1.29, 1.82) is 0 Å². The Morgan fingerprint density at radius 2 is 1.44 bits per heavy atom. The van der Waals surface area contributed by atoms with Gasteiger partial charge in [-0.1, -0.05) is 6.92 Å². The summed E-state index contributed by atoms with van der Waals surface area (Å²) >= 11 is 0. The first kappa shape index (κ1) is 14.1. The minimum Gasteiger partial charge on any atom is -0.380 e. The van der Waals surface area contributed by atoms with E-state index in [4.69, 9.17) is 18.0 Å². The van der Waals surface area contributed by atoms with E-state index < -0.39 is 8.80 Å². The summed E-state index contributed by atoms with van der Waals surface area (Å²) in [7, 11) is -2.48. The summed E-state index contributed by atoms with van der Waals surface area (Å²) in [6.07, 6.45) is 0. The second-order valence-corrected chi connectivity index (χ2v) is 7.05. The van der Waals surface area contributed by atoms with Crippen LogP contribution in [0.5, 0.6) is 0 Å². The van der Waals surface area contributed by atoms with E-state index in [0.717, 1.165) is 19.3 Å². The molecule has 0 aromatic rings. The van der Waals surface area contributed by atoms with Gasteiger partial charge in [0.15, 0.2) is 0 Å². The Balaban J connectivity index is 2.65. The third-order valence-corrected chi connectivity index (χ3v) is 6.11. The topological polar surface area (TPSA) is 36.9 Å².